The molecule has 2 atom stereocenters. The number of carbonyl (C=O) groups excluding carboxylic acids is 2. The molecule has 1 aliphatic carbocycles. The molecule has 3 aliphatic rings. The Balaban J connectivity index is 1.24. The third kappa shape index (κ3) is 7.30. The predicted octanol–water partition coefficient (Wildman–Crippen LogP) is 1.91. The first-order valence-corrected chi connectivity index (χ1v) is 16.0. The maximum absolute atomic E-state index is 13.4. The van der Waals surface area contributed by atoms with Crippen molar-refractivity contribution in [2.45, 2.75) is 55.0 Å². The van der Waals surface area contributed by atoms with Crippen molar-refractivity contribution in [1.82, 2.24) is 14.8 Å². The Bertz CT molecular complexity index is 1370. The second kappa shape index (κ2) is 12.9. The third-order valence-electron chi connectivity index (χ3n) is 7.27. The summed E-state index contributed by atoms with van der Waals surface area (Å²) in [6, 6.07) is 6.24. The number of nitrogens with one attached hydrogen (secondary N) is 1. The highest BCUT2D eigenvalue weighted by molar-refractivity contribution is 7.92. The van der Waals surface area contributed by atoms with Crippen LogP contribution in [0.15, 0.2) is 40.5 Å². The Morgan fingerprint density at radius 2 is 1.98 bits per heavy atom. The van der Waals surface area contributed by atoms with Crippen molar-refractivity contribution in [1.29, 1.82) is 0 Å². The summed E-state index contributed by atoms with van der Waals surface area (Å²) in [6.07, 6.45) is 3.49. The number of hydrogen-bond acceptors (Lipinski definition) is 11. The zero-order chi connectivity index (χ0) is 29.0. The zero-order valence-electron chi connectivity index (χ0n) is 23.2. The van der Waals surface area contributed by atoms with Gasteiger partial charge >= 0.3 is 0 Å². The molecule has 2 aromatic rings. The maximum atomic E-state index is 13.4. The van der Waals surface area contributed by atoms with Gasteiger partial charge in [0.25, 0.3) is 5.91 Å². The highest BCUT2D eigenvalue weighted by Crippen LogP contribution is 2.33. The van der Waals surface area contributed by atoms with E-state index in [9.17, 15) is 18.0 Å². The second-order valence-corrected chi connectivity index (χ2v) is 13.8. The fraction of sp³-hybridized carbons (Fsp3) is 0.556. The average molecular weight is 606 g/mol. The lowest BCUT2D eigenvalue weighted by Crippen LogP contribution is -2.54. The summed E-state index contributed by atoms with van der Waals surface area (Å²) in [6.45, 7) is 5.77. The Kier molecular flexibility index (Phi) is 9.34. The van der Waals surface area contributed by atoms with Crippen LogP contribution < -0.4 is 5.32 Å². The highest BCUT2D eigenvalue weighted by Gasteiger charge is 2.37. The van der Waals surface area contributed by atoms with Crippen LogP contribution in [0.1, 0.15) is 36.6 Å². The molecule has 2 amide bonds. The van der Waals surface area contributed by atoms with Crippen molar-refractivity contribution >= 4 is 43.8 Å². The molecule has 3 heterocycles. The number of rotatable bonds is 11. The number of anilines is 1. The number of piperazine rings is 1. The van der Waals surface area contributed by atoms with E-state index in [0.717, 1.165) is 18.0 Å². The van der Waals surface area contributed by atoms with Gasteiger partial charge in [0.05, 0.1) is 23.4 Å². The van der Waals surface area contributed by atoms with E-state index >= 15 is 0 Å². The molecular formula is C27H35N5O7S2. The summed E-state index contributed by atoms with van der Waals surface area (Å²) in [5.41, 5.74) is 0.456. The third-order valence-corrected chi connectivity index (χ3v) is 10.4. The number of ether oxygens (including phenoxy) is 2. The minimum absolute atomic E-state index is 0.0106. The normalized spacial score (nSPS) is 22.1. The molecule has 2 saturated heterocycles. The number of amides is 2. The number of thiazole rings is 1. The van der Waals surface area contributed by atoms with Gasteiger partial charge in [0.15, 0.2) is 26.8 Å². The van der Waals surface area contributed by atoms with Crippen molar-refractivity contribution in [2.75, 3.05) is 51.9 Å². The smallest absolute Gasteiger partial charge is 0.280 e. The quantitative estimate of drug-likeness (QED) is 0.301. The van der Waals surface area contributed by atoms with Gasteiger partial charge in [-0.2, -0.15) is 0 Å². The van der Waals surface area contributed by atoms with Crippen molar-refractivity contribution in [3.05, 3.63) is 40.9 Å². The van der Waals surface area contributed by atoms with Crippen LogP contribution in [0.2, 0.25) is 0 Å². The van der Waals surface area contributed by atoms with E-state index in [1.165, 1.54) is 30.6 Å². The van der Waals surface area contributed by atoms with Crippen LogP contribution >= 0.6 is 11.3 Å². The van der Waals surface area contributed by atoms with Crippen LogP contribution in [0.4, 0.5) is 5.13 Å². The van der Waals surface area contributed by atoms with E-state index in [1.807, 2.05) is 11.8 Å². The lowest BCUT2D eigenvalue weighted by molar-refractivity contribution is -0.139. The highest BCUT2D eigenvalue weighted by atomic mass is 32.2. The Morgan fingerprint density at radius 1 is 1.20 bits per heavy atom. The number of oxime groups is 1. The molecule has 222 valence electrons. The molecule has 5 rings (SSSR count). The van der Waals surface area contributed by atoms with Crippen LogP contribution in [0.5, 0.6) is 0 Å². The van der Waals surface area contributed by atoms with Gasteiger partial charge < -0.3 is 19.2 Å². The van der Waals surface area contributed by atoms with E-state index in [4.69, 9.17) is 14.3 Å². The molecule has 1 N–H and O–H groups in total. The van der Waals surface area contributed by atoms with E-state index in [2.05, 4.69) is 20.4 Å². The summed E-state index contributed by atoms with van der Waals surface area (Å²) >= 11 is 1.36. The topological polar surface area (TPSA) is 140 Å². The fourth-order valence-electron chi connectivity index (χ4n) is 4.89. The molecule has 1 aromatic carbocycles. The fourth-order valence-corrected chi connectivity index (χ4v) is 7.40. The van der Waals surface area contributed by atoms with Crippen molar-refractivity contribution in [3.8, 4) is 0 Å². The summed E-state index contributed by atoms with van der Waals surface area (Å²) in [5, 5.41) is 7.07. The first-order valence-electron chi connectivity index (χ1n) is 13.7. The van der Waals surface area contributed by atoms with Gasteiger partial charge in [-0.25, -0.2) is 13.4 Å². The van der Waals surface area contributed by atoms with E-state index in [0.29, 0.717) is 56.3 Å². The standard InChI is InChI=1S/C27H35N5O7S2/c1-18-14-31(10-11-32(18)24(33)17-37-2)15-21-13-28-27(40-21)29-26(34)25(30-39-20-9-12-38-16-20)19-3-5-22(6-4-19)41(35,36)23-7-8-23/h3-6,13,18,20,23H,7-12,14-17H2,1-2H3,(H,28,29,34)/b30-25+/t18-,20+/m0/s1. The van der Waals surface area contributed by atoms with Crippen molar-refractivity contribution in [3.63, 3.8) is 0 Å². The van der Waals surface area contributed by atoms with Crippen molar-refractivity contribution < 1.29 is 32.3 Å². The average Bonchev–Trinajstić information content (AvgIpc) is 3.53. The number of sulfone groups is 1. The molecule has 12 nitrogen and oxygen atoms in total. The zero-order valence-corrected chi connectivity index (χ0v) is 24.8. The minimum atomic E-state index is -3.35. The van der Waals surface area contributed by atoms with Crippen molar-refractivity contribution in [2.24, 2.45) is 5.16 Å². The van der Waals surface area contributed by atoms with E-state index in [-0.39, 0.29) is 40.5 Å². The van der Waals surface area contributed by atoms with Crippen LogP contribution in [-0.2, 0) is 40.3 Å². The second-order valence-electron chi connectivity index (χ2n) is 10.5. The van der Waals surface area contributed by atoms with Crippen LogP contribution in [-0.4, -0.2) is 105 Å². The van der Waals surface area contributed by atoms with Gasteiger partial charge in [0, 0.05) is 62.4 Å². The lowest BCUT2D eigenvalue weighted by Gasteiger charge is -2.39. The van der Waals surface area contributed by atoms with Gasteiger partial charge in [-0.1, -0.05) is 17.3 Å². The lowest BCUT2D eigenvalue weighted by atomic mass is 10.1. The minimum Gasteiger partial charge on any atom is -0.389 e. The summed E-state index contributed by atoms with van der Waals surface area (Å²) < 4.78 is 35.5. The largest absolute Gasteiger partial charge is 0.389 e. The maximum Gasteiger partial charge on any atom is 0.280 e. The predicted molar refractivity (Wildman–Crippen MR) is 153 cm³/mol. The molecule has 0 radical (unpaired) electrons. The molecule has 0 spiro atoms. The molecule has 2 aliphatic heterocycles. The first kappa shape index (κ1) is 29.6. The molecule has 3 fully saturated rings. The van der Waals surface area contributed by atoms with Gasteiger partial charge in [-0.15, -0.1) is 11.3 Å². The van der Waals surface area contributed by atoms with Gasteiger partial charge in [0.1, 0.15) is 6.61 Å². The van der Waals surface area contributed by atoms with E-state index in [1.54, 1.807) is 18.3 Å². The van der Waals surface area contributed by atoms with E-state index < -0.39 is 15.7 Å². The number of methoxy groups -OCH3 is 1. The first-order chi connectivity index (χ1) is 19.7. The Morgan fingerprint density at radius 3 is 2.63 bits per heavy atom. The summed E-state index contributed by atoms with van der Waals surface area (Å²) in [7, 11) is -1.83. The summed E-state index contributed by atoms with van der Waals surface area (Å²) in [4.78, 5) is 40.9. The molecule has 1 aromatic heterocycles. The number of aromatic nitrogens is 1. The Hall–Kier alpha value is -2.91. The molecule has 14 heteroatoms. The van der Waals surface area contributed by atoms with Gasteiger partial charge in [-0.3, -0.25) is 19.8 Å². The number of carbonyl (C=O) groups is 2. The SMILES string of the molecule is COCC(=O)N1CCN(Cc2cnc(NC(=O)/C(=N/O[C@@H]3CCOC3)c3ccc(S(=O)(=O)C4CC4)cc3)s2)C[C@@H]1C. The monoisotopic (exact) mass is 605 g/mol. The van der Waals surface area contributed by atoms with Crippen LogP contribution in [0, 0.1) is 0 Å². The summed E-state index contributed by atoms with van der Waals surface area (Å²) in [5.74, 6) is -0.523. The number of hydrogen-bond donors (Lipinski definition) is 1. The van der Waals surface area contributed by atoms with Crippen LogP contribution in [0.3, 0.4) is 0 Å². The number of nitrogens with zero attached hydrogens (tertiary/aromatic N) is 4. The van der Waals surface area contributed by atoms with Gasteiger partial charge in [0.2, 0.25) is 5.91 Å². The molecule has 0 bridgehead atoms. The van der Waals surface area contributed by atoms with Crippen LogP contribution in [0.25, 0.3) is 0 Å². The molecule has 41 heavy (non-hydrogen) atoms. The molecule has 0 unspecified atom stereocenters. The number of benzene rings is 1. The molecular weight excluding hydrogens is 570 g/mol. The van der Waals surface area contributed by atoms with Gasteiger partial charge in [-0.05, 0) is 31.9 Å². The Labute approximate surface area is 243 Å². The molecule has 1 saturated carbocycles.